The Bertz CT molecular complexity index is 930. The molecule has 1 heterocycles. The molecular weight excluding hydrogens is 369 g/mol. The number of carbonyl (C=O) groups is 1. The summed E-state index contributed by atoms with van der Waals surface area (Å²) in [5, 5.41) is 10.2. The van der Waals surface area contributed by atoms with E-state index in [0.29, 0.717) is 40.4 Å². The molecule has 0 fully saturated rings. The molecule has 2 rings (SSSR count). The molecule has 0 aliphatic carbocycles. The fourth-order valence-corrected chi connectivity index (χ4v) is 2.20. The van der Waals surface area contributed by atoms with Gasteiger partial charge in [0.2, 0.25) is 11.6 Å². The summed E-state index contributed by atoms with van der Waals surface area (Å²) in [6.07, 6.45) is 0.708. The van der Waals surface area contributed by atoms with Gasteiger partial charge in [0.15, 0.2) is 0 Å². The lowest BCUT2D eigenvalue weighted by Crippen LogP contribution is -2.49. The lowest BCUT2D eigenvalue weighted by atomic mass is 9.80. The minimum absolute atomic E-state index is 0.314. The standard InChI is InChI=1S/C21H25BN3O4/c1-20(2,27)21(3,4)29-22-16-9-8-15(12-14(16)13-26)28-18-11-10-17(23-5)19(24-18)25(6)7/h8-13,27H,1-4,6-7H3. The molecule has 29 heavy (non-hydrogen) atoms. The summed E-state index contributed by atoms with van der Waals surface area (Å²) in [5.41, 5.74) is -0.553. The molecule has 0 aliphatic rings. The molecule has 0 aliphatic heterocycles. The molecule has 2 aromatic rings. The fraction of sp³-hybridized carbons (Fsp3) is 0.381. The number of anilines is 1. The Morgan fingerprint density at radius 3 is 2.45 bits per heavy atom. The van der Waals surface area contributed by atoms with Gasteiger partial charge in [-0.25, -0.2) is 9.83 Å². The van der Waals surface area contributed by atoms with E-state index in [2.05, 4.69) is 9.83 Å². The summed E-state index contributed by atoms with van der Waals surface area (Å²) >= 11 is 0. The summed E-state index contributed by atoms with van der Waals surface area (Å²) in [4.78, 5) is 21.1. The molecule has 7 nitrogen and oxygen atoms in total. The van der Waals surface area contributed by atoms with Crippen molar-refractivity contribution >= 4 is 30.7 Å². The molecule has 151 valence electrons. The molecule has 0 atom stereocenters. The van der Waals surface area contributed by atoms with Crippen LogP contribution >= 0.6 is 0 Å². The van der Waals surface area contributed by atoms with E-state index in [1.165, 1.54) is 7.48 Å². The number of hydrogen-bond donors (Lipinski definition) is 1. The molecule has 0 bridgehead atoms. The predicted octanol–water partition coefficient (Wildman–Crippen LogP) is 3.11. The highest BCUT2D eigenvalue weighted by Gasteiger charge is 2.35. The minimum atomic E-state index is -1.07. The summed E-state index contributed by atoms with van der Waals surface area (Å²) in [7, 11) is 5.05. The van der Waals surface area contributed by atoms with Gasteiger partial charge < -0.3 is 19.4 Å². The SMILES string of the molecule is [C-]#[N+]c1ccc(Oc2ccc([B]OC(C)(C)C(C)(C)O)c(C=O)c2)nc1N(C)C. The molecular formula is C21H25BN3O4. The first kappa shape index (κ1) is 22.4. The van der Waals surface area contributed by atoms with E-state index < -0.39 is 11.2 Å². The maximum absolute atomic E-state index is 11.5. The van der Waals surface area contributed by atoms with Crippen LogP contribution in [0.3, 0.4) is 0 Å². The van der Waals surface area contributed by atoms with Crippen LogP contribution in [0.25, 0.3) is 4.85 Å². The first-order valence-electron chi connectivity index (χ1n) is 9.05. The molecule has 1 radical (unpaired) electrons. The Kier molecular flexibility index (Phi) is 6.67. The van der Waals surface area contributed by atoms with Crippen molar-refractivity contribution in [3.8, 4) is 11.6 Å². The van der Waals surface area contributed by atoms with Gasteiger partial charge in [0.05, 0.1) is 17.8 Å². The molecule has 1 N–H and O–H groups in total. The van der Waals surface area contributed by atoms with Crippen molar-refractivity contribution < 1.29 is 19.3 Å². The van der Waals surface area contributed by atoms with Crippen molar-refractivity contribution in [1.82, 2.24) is 4.98 Å². The molecule has 0 spiro atoms. The van der Waals surface area contributed by atoms with E-state index in [0.717, 1.165) is 0 Å². The van der Waals surface area contributed by atoms with Gasteiger partial charge in [-0.05, 0) is 57.4 Å². The van der Waals surface area contributed by atoms with Crippen LogP contribution in [-0.2, 0) is 4.65 Å². The topological polar surface area (TPSA) is 76.2 Å². The third-order valence-electron chi connectivity index (χ3n) is 4.73. The van der Waals surface area contributed by atoms with Gasteiger partial charge in [-0.1, -0.05) is 6.07 Å². The van der Waals surface area contributed by atoms with Crippen molar-refractivity contribution in [1.29, 1.82) is 0 Å². The second kappa shape index (κ2) is 8.64. The number of benzene rings is 1. The largest absolute Gasteiger partial charge is 0.439 e. The molecule has 0 saturated heterocycles. The molecule has 0 unspecified atom stereocenters. The van der Waals surface area contributed by atoms with Crippen molar-refractivity contribution in [3.63, 3.8) is 0 Å². The third kappa shape index (κ3) is 5.34. The van der Waals surface area contributed by atoms with Crippen LogP contribution in [-0.4, -0.2) is 49.2 Å². The van der Waals surface area contributed by atoms with Crippen LogP contribution in [0.15, 0.2) is 30.3 Å². The van der Waals surface area contributed by atoms with Gasteiger partial charge in [-0.15, -0.1) is 0 Å². The fourth-order valence-electron chi connectivity index (χ4n) is 2.20. The van der Waals surface area contributed by atoms with Crippen molar-refractivity contribution in [2.45, 2.75) is 38.9 Å². The summed E-state index contributed by atoms with van der Waals surface area (Å²) < 4.78 is 11.5. The number of ether oxygens (including phenoxy) is 1. The minimum Gasteiger partial charge on any atom is -0.439 e. The van der Waals surface area contributed by atoms with E-state index in [1.807, 2.05) is 0 Å². The highest BCUT2D eigenvalue weighted by atomic mass is 16.5. The summed E-state index contributed by atoms with van der Waals surface area (Å²) in [5.74, 6) is 1.24. The van der Waals surface area contributed by atoms with E-state index in [-0.39, 0.29) is 0 Å². The zero-order chi connectivity index (χ0) is 21.8. The smallest absolute Gasteiger partial charge is 0.331 e. The maximum atomic E-state index is 11.5. The zero-order valence-corrected chi connectivity index (χ0v) is 17.6. The Balaban J connectivity index is 2.22. The number of nitrogens with zero attached hydrogens (tertiary/aromatic N) is 3. The van der Waals surface area contributed by atoms with Gasteiger partial charge in [-0.3, -0.25) is 4.79 Å². The summed E-state index contributed by atoms with van der Waals surface area (Å²) in [6.45, 7) is 14.1. The van der Waals surface area contributed by atoms with Gasteiger partial charge in [0, 0.05) is 19.7 Å². The molecule has 1 aromatic heterocycles. The van der Waals surface area contributed by atoms with E-state index in [4.69, 9.17) is 16.0 Å². The van der Waals surface area contributed by atoms with Gasteiger partial charge in [0.1, 0.15) is 17.9 Å². The third-order valence-corrected chi connectivity index (χ3v) is 4.73. The van der Waals surface area contributed by atoms with Crippen LogP contribution in [0, 0.1) is 6.57 Å². The van der Waals surface area contributed by atoms with Crippen LogP contribution < -0.4 is 15.1 Å². The first-order valence-corrected chi connectivity index (χ1v) is 9.05. The number of pyridine rings is 1. The summed E-state index contributed by atoms with van der Waals surface area (Å²) in [6, 6.07) is 8.22. The molecule has 8 heteroatoms. The highest BCUT2D eigenvalue weighted by Crippen LogP contribution is 2.30. The molecule has 0 amide bonds. The average molecular weight is 394 g/mol. The van der Waals surface area contributed by atoms with Gasteiger partial charge in [0.25, 0.3) is 0 Å². The van der Waals surface area contributed by atoms with Crippen LogP contribution in [0.4, 0.5) is 11.5 Å². The Morgan fingerprint density at radius 1 is 1.21 bits per heavy atom. The number of carbonyl (C=O) groups excluding carboxylic acids is 1. The van der Waals surface area contributed by atoms with Gasteiger partial charge in [-0.2, -0.15) is 0 Å². The number of aromatic nitrogens is 1. The van der Waals surface area contributed by atoms with Crippen LogP contribution in [0.2, 0.25) is 0 Å². The number of aliphatic hydroxyl groups is 1. The zero-order valence-electron chi connectivity index (χ0n) is 17.6. The van der Waals surface area contributed by atoms with E-state index in [1.54, 1.807) is 77.0 Å². The maximum Gasteiger partial charge on any atom is 0.331 e. The van der Waals surface area contributed by atoms with Crippen molar-refractivity contribution in [2.75, 3.05) is 19.0 Å². The lowest BCUT2D eigenvalue weighted by molar-refractivity contribution is -0.0893. The highest BCUT2D eigenvalue weighted by molar-refractivity contribution is 6.49. The second-order valence-corrected chi connectivity index (χ2v) is 7.81. The van der Waals surface area contributed by atoms with Crippen molar-refractivity contribution in [3.05, 3.63) is 47.3 Å². The molecule has 1 aromatic carbocycles. The Morgan fingerprint density at radius 2 is 1.90 bits per heavy atom. The average Bonchev–Trinajstić information content (AvgIpc) is 2.65. The van der Waals surface area contributed by atoms with E-state index in [9.17, 15) is 9.90 Å². The number of hydrogen-bond acceptors (Lipinski definition) is 6. The first-order chi connectivity index (χ1) is 13.5. The van der Waals surface area contributed by atoms with Crippen molar-refractivity contribution in [2.24, 2.45) is 0 Å². The van der Waals surface area contributed by atoms with E-state index >= 15 is 0 Å². The Labute approximate surface area is 172 Å². The lowest BCUT2D eigenvalue weighted by Gasteiger charge is -2.37. The normalized spacial score (nSPS) is 11.5. The quantitative estimate of drug-likeness (QED) is 0.421. The predicted molar refractivity (Wildman–Crippen MR) is 114 cm³/mol. The second-order valence-electron chi connectivity index (χ2n) is 7.81. The van der Waals surface area contributed by atoms with Crippen LogP contribution in [0.5, 0.6) is 11.6 Å². The van der Waals surface area contributed by atoms with Crippen LogP contribution in [0.1, 0.15) is 38.1 Å². The monoisotopic (exact) mass is 394 g/mol. The molecule has 0 saturated carbocycles. The number of rotatable bonds is 8. The number of aldehydes is 1. The Hall–Kier alpha value is -2.89. The van der Waals surface area contributed by atoms with Gasteiger partial charge >= 0.3 is 7.48 Å².